The monoisotopic (exact) mass is 357 g/mol. The topological polar surface area (TPSA) is 110 Å². The zero-order chi connectivity index (χ0) is 18.5. The smallest absolute Gasteiger partial charge is 0.293 e. The van der Waals surface area contributed by atoms with Crippen molar-refractivity contribution in [2.75, 3.05) is 48.9 Å². The molecule has 9 nitrogen and oxygen atoms in total. The Kier molecular flexibility index (Phi) is 5.28. The molecule has 0 unspecified atom stereocenters. The van der Waals surface area contributed by atoms with Gasteiger partial charge in [-0.05, 0) is 24.3 Å². The molecule has 136 valence electrons. The lowest BCUT2D eigenvalue weighted by atomic mass is 10.1. The zero-order valence-corrected chi connectivity index (χ0v) is 14.3. The molecule has 0 bridgehead atoms. The number of hydrogen-bond acceptors (Lipinski definition) is 7. The SMILES string of the molecule is CNc1ccc(C(=O)Nc2ccc(N3CCOCC3)nc2)cc1[N+](=O)[O-]. The van der Waals surface area contributed by atoms with Gasteiger partial charge in [0.25, 0.3) is 11.6 Å². The molecule has 1 aromatic heterocycles. The molecule has 0 spiro atoms. The lowest BCUT2D eigenvalue weighted by Crippen LogP contribution is -2.36. The van der Waals surface area contributed by atoms with Gasteiger partial charge in [0, 0.05) is 31.8 Å². The molecule has 1 fully saturated rings. The predicted molar refractivity (Wildman–Crippen MR) is 97.9 cm³/mol. The number of hydrogen-bond donors (Lipinski definition) is 2. The number of nitrogens with one attached hydrogen (secondary N) is 2. The Labute approximate surface area is 150 Å². The Morgan fingerprint density at radius 2 is 2.04 bits per heavy atom. The fourth-order valence-corrected chi connectivity index (χ4v) is 2.68. The van der Waals surface area contributed by atoms with Gasteiger partial charge in [-0.2, -0.15) is 0 Å². The fourth-order valence-electron chi connectivity index (χ4n) is 2.68. The molecule has 2 N–H and O–H groups in total. The van der Waals surface area contributed by atoms with E-state index in [4.69, 9.17) is 4.74 Å². The van der Waals surface area contributed by atoms with Gasteiger partial charge in [-0.25, -0.2) is 4.98 Å². The van der Waals surface area contributed by atoms with E-state index in [-0.39, 0.29) is 11.3 Å². The van der Waals surface area contributed by atoms with Crippen molar-refractivity contribution in [2.24, 2.45) is 0 Å². The normalized spacial score (nSPS) is 14.0. The van der Waals surface area contributed by atoms with E-state index in [1.54, 1.807) is 19.3 Å². The van der Waals surface area contributed by atoms with E-state index in [0.29, 0.717) is 24.6 Å². The van der Waals surface area contributed by atoms with Crippen molar-refractivity contribution in [2.45, 2.75) is 0 Å². The van der Waals surface area contributed by atoms with E-state index in [1.807, 2.05) is 6.07 Å². The Morgan fingerprint density at radius 1 is 1.27 bits per heavy atom. The lowest BCUT2D eigenvalue weighted by molar-refractivity contribution is -0.384. The van der Waals surface area contributed by atoms with Crippen molar-refractivity contribution in [3.8, 4) is 0 Å². The maximum absolute atomic E-state index is 12.4. The van der Waals surface area contributed by atoms with Crippen LogP contribution in [-0.4, -0.2) is 49.2 Å². The van der Waals surface area contributed by atoms with Crippen LogP contribution in [0.2, 0.25) is 0 Å². The Morgan fingerprint density at radius 3 is 2.65 bits per heavy atom. The van der Waals surface area contributed by atoms with E-state index in [9.17, 15) is 14.9 Å². The molecule has 0 radical (unpaired) electrons. The maximum atomic E-state index is 12.4. The van der Waals surface area contributed by atoms with Gasteiger partial charge in [-0.1, -0.05) is 0 Å². The number of carbonyl (C=O) groups is 1. The minimum Gasteiger partial charge on any atom is -0.383 e. The number of nitrogens with zero attached hydrogens (tertiary/aromatic N) is 3. The summed E-state index contributed by atoms with van der Waals surface area (Å²) in [5, 5.41) is 16.5. The maximum Gasteiger partial charge on any atom is 0.293 e. The molecule has 1 aromatic carbocycles. The molecule has 9 heteroatoms. The van der Waals surface area contributed by atoms with Crippen LogP contribution in [0, 0.1) is 10.1 Å². The van der Waals surface area contributed by atoms with Gasteiger partial charge in [0.15, 0.2) is 0 Å². The molecule has 1 aliphatic heterocycles. The third-order valence-corrected chi connectivity index (χ3v) is 4.07. The number of anilines is 3. The van der Waals surface area contributed by atoms with Crippen molar-refractivity contribution in [3.05, 3.63) is 52.2 Å². The van der Waals surface area contributed by atoms with Crippen molar-refractivity contribution < 1.29 is 14.5 Å². The molecular weight excluding hydrogens is 338 g/mol. The second kappa shape index (κ2) is 7.79. The summed E-state index contributed by atoms with van der Waals surface area (Å²) in [6, 6.07) is 7.87. The fraction of sp³-hybridized carbons (Fsp3) is 0.294. The summed E-state index contributed by atoms with van der Waals surface area (Å²) < 4.78 is 5.31. The molecule has 2 heterocycles. The summed E-state index contributed by atoms with van der Waals surface area (Å²) in [5.41, 5.74) is 0.921. The van der Waals surface area contributed by atoms with Crippen LogP contribution in [0.4, 0.5) is 22.9 Å². The van der Waals surface area contributed by atoms with E-state index in [2.05, 4.69) is 20.5 Å². The van der Waals surface area contributed by atoms with Crippen LogP contribution < -0.4 is 15.5 Å². The van der Waals surface area contributed by atoms with Crippen molar-refractivity contribution in [3.63, 3.8) is 0 Å². The molecule has 0 atom stereocenters. The molecule has 0 saturated carbocycles. The number of morpholine rings is 1. The number of nitro benzene ring substituents is 1. The first-order valence-electron chi connectivity index (χ1n) is 8.15. The number of rotatable bonds is 5. The van der Waals surface area contributed by atoms with Crippen LogP contribution in [0.25, 0.3) is 0 Å². The highest BCUT2D eigenvalue weighted by atomic mass is 16.6. The van der Waals surface area contributed by atoms with Crippen LogP contribution >= 0.6 is 0 Å². The van der Waals surface area contributed by atoms with Gasteiger partial charge in [0.2, 0.25) is 0 Å². The molecular formula is C17H19N5O4. The van der Waals surface area contributed by atoms with E-state index in [1.165, 1.54) is 18.2 Å². The van der Waals surface area contributed by atoms with E-state index in [0.717, 1.165) is 18.9 Å². The molecule has 3 rings (SSSR count). The molecule has 0 aliphatic carbocycles. The highest BCUT2D eigenvalue weighted by Gasteiger charge is 2.17. The van der Waals surface area contributed by atoms with Gasteiger partial charge < -0.3 is 20.3 Å². The molecule has 1 saturated heterocycles. The minimum atomic E-state index is -0.526. The summed E-state index contributed by atoms with van der Waals surface area (Å²) in [7, 11) is 1.59. The van der Waals surface area contributed by atoms with Gasteiger partial charge in [0.05, 0.1) is 30.0 Å². The number of benzene rings is 1. The average molecular weight is 357 g/mol. The molecule has 1 amide bonds. The van der Waals surface area contributed by atoms with Crippen molar-refractivity contribution >= 4 is 28.8 Å². The van der Waals surface area contributed by atoms with Crippen LogP contribution in [0.5, 0.6) is 0 Å². The first kappa shape index (κ1) is 17.6. The third-order valence-electron chi connectivity index (χ3n) is 4.07. The summed E-state index contributed by atoms with van der Waals surface area (Å²) in [6.45, 7) is 2.89. The number of ether oxygens (including phenoxy) is 1. The first-order valence-corrected chi connectivity index (χ1v) is 8.15. The standard InChI is InChI=1S/C17H19N5O4/c1-18-14-4-2-12(10-15(14)22(24)25)17(23)20-13-3-5-16(19-11-13)21-6-8-26-9-7-21/h2-5,10-11,18H,6-9H2,1H3,(H,20,23). The van der Waals surface area contributed by atoms with Gasteiger partial charge in [0.1, 0.15) is 11.5 Å². The Hall–Kier alpha value is -3.20. The van der Waals surface area contributed by atoms with Gasteiger partial charge in [-0.3, -0.25) is 14.9 Å². The van der Waals surface area contributed by atoms with Crippen molar-refractivity contribution in [1.29, 1.82) is 0 Å². The summed E-state index contributed by atoms with van der Waals surface area (Å²) in [4.78, 5) is 29.4. The van der Waals surface area contributed by atoms with Crippen LogP contribution in [0.1, 0.15) is 10.4 Å². The average Bonchev–Trinajstić information content (AvgIpc) is 2.68. The van der Waals surface area contributed by atoms with Crippen LogP contribution in [0.15, 0.2) is 36.5 Å². The summed E-state index contributed by atoms with van der Waals surface area (Å²) >= 11 is 0. The highest BCUT2D eigenvalue weighted by Crippen LogP contribution is 2.25. The summed E-state index contributed by atoms with van der Waals surface area (Å²) in [5.74, 6) is 0.386. The summed E-state index contributed by atoms with van der Waals surface area (Å²) in [6.07, 6.45) is 1.57. The highest BCUT2D eigenvalue weighted by molar-refractivity contribution is 6.05. The Balaban J connectivity index is 1.71. The number of amides is 1. The van der Waals surface area contributed by atoms with Crippen molar-refractivity contribution in [1.82, 2.24) is 4.98 Å². The van der Waals surface area contributed by atoms with E-state index >= 15 is 0 Å². The second-order valence-electron chi connectivity index (χ2n) is 5.70. The number of aromatic nitrogens is 1. The number of carbonyl (C=O) groups excluding carboxylic acids is 1. The Bertz CT molecular complexity index is 803. The van der Waals surface area contributed by atoms with Crippen LogP contribution in [-0.2, 0) is 4.74 Å². The first-order chi connectivity index (χ1) is 12.6. The van der Waals surface area contributed by atoms with Gasteiger partial charge in [-0.15, -0.1) is 0 Å². The number of nitro groups is 1. The van der Waals surface area contributed by atoms with Gasteiger partial charge >= 0.3 is 0 Å². The zero-order valence-electron chi connectivity index (χ0n) is 14.3. The molecule has 2 aromatic rings. The largest absolute Gasteiger partial charge is 0.383 e. The minimum absolute atomic E-state index is 0.152. The third kappa shape index (κ3) is 3.89. The van der Waals surface area contributed by atoms with Crippen LogP contribution in [0.3, 0.4) is 0 Å². The molecule has 1 aliphatic rings. The predicted octanol–water partition coefficient (Wildman–Crippen LogP) is 2.12. The quantitative estimate of drug-likeness (QED) is 0.623. The number of pyridine rings is 1. The second-order valence-corrected chi connectivity index (χ2v) is 5.70. The lowest BCUT2D eigenvalue weighted by Gasteiger charge is -2.27. The molecule has 26 heavy (non-hydrogen) atoms. The van der Waals surface area contributed by atoms with E-state index < -0.39 is 10.8 Å².